The number of aromatic nitrogens is 1. The van der Waals surface area contributed by atoms with Gasteiger partial charge in [-0.1, -0.05) is 41.4 Å². The molecule has 0 saturated carbocycles. The summed E-state index contributed by atoms with van der Waals surface area (Å²) in [5.41, 5.74) is 2.55. The second-order valence-corrected chi connectivity index (χ2v) is 4.98. The average Bonchev–Trinajstić information content (AvgIpc) is 2.35. The van der Waals surface area contributed by atoms with Crippen LogP contribution in [-0.4, -0.2) is 10.1 Å². The van der Waals surface area contributed by atoms with Gasteiger partial charge in [-0.05, 0) is 24.6 Å². The largest absolute Gasteiger partial charge is 0.388 e. The standard InChI is InChI=1S/C14H13Cl2NO/c1-9-5-6-10(17-8-9)7-13(18)11-3-2-4-12(15)14(11)16/h2-6,8,13,18H,7H2,1H3. The fourth-order valence-electron chi connectivity index (χ4n) is 1.71. The van der Waals surface area contributed by atoms with E-state index in [0.29, 0.717) is 22.0 Å². The molecule has 94 valence electrons. The molecule has 0 aliphatic rings. The van der Waals surface area contributed by atoms with Crippen LogP contribution in [0.5, 0.6) is 0 Å². The van der Waals surface area contributed by atoms with Crippen LogP contribution in [0, 0.1) is 6.92 Å². The van der Waals surface area contributed by atoms with Crippen molar-refractivity contribution in [1.29, 1.82) is 0 Å². The molecule has 2 aromatic rings. The molecule has 1 aromatic carbocycles. The Morgan fingerprint density at radius 1 is 1.22 bits per heavy atom. The quantitative estimate of drug-likeness (QED) is 0.923. The smallest absolute Gasteiger partial charge is 0.0860 e. The van der Waals surface area contributed by atoms with Gasteiger partial charge in [0.05, 0.1) is 16.1 Å². The molecule has 2 nitrogen and oxygen atoms in total. The van der Waals surface area contributed by atoms with E-state index in [1.54, 1.807) is 24.4 Å². The van der Waals surface area contributed by atoms with Crippen molar-refractivity contribution >= 4 is 23.2 Å². The van der Waals surface area contributed by atoms with Crippen LogP contribution < -0.4 is 0 Å². The predicted molar refractivity (Wildman–Crippen MR) is 74.1 cm³/mol. The maximum absolute atomic E-state index is 10.2. The second kappa shape index (κ2) is 5.70. The molecule has 2 rings (SSSR count). The van der Waals surface area contributed by atoms with Crippen molar-refractivity contribution in [2.24, 2.45) is 0 Å². The summed E-state index contributed by atoms with van der Waals surface area (Å²) < 4.78 is 0. The monoisotopic (exact) mass is 281 g/mol. The Labute approximate surface area is 116 Å². The summed E-state index contributed by atoms with van der Waals surface area (Å²) >= 11 is 12.0. The highest BCUT2D eigenvalue weighted by Crippen LogP contribution is 2.31. The summed E-state index contributed by atoms with van der Waals surface area (Å²) in [6, 6.07) is 9.11. The number of hydrogen-bond acceptors (Lipinski definition) is 2. The van der Waals surface area contributed by atoms with Crippen LogP contribution in [-0.2, 0) is 6.42 Å². The molecule has 0 radical (unpaired) electrons. The molecular formula is C14H13Cl2NO. The molecule has 4 heteroatoms. The SMILES string of the molecule is Cc1ccc(CC(O)c2cccc(Cl)c2Cl)nc1. The van der Waals surface area contributed by atoms with Crippen molar-refractivity contribution in [2.75, 3.05) is 0 Å². The number of benzene rings is 1. The number of aryl methyl sites for hydroxylation is 1. The minimum absolute atomic E-state index is 0.402. The summed E-state index contributed by atoms with van der Waals surface area (Å²) in [7, 11) is 0. The van der Waals surface area contributed by atoms with Crippen LogP contribution in [0.3, 0.4) is 0 Å². The molecule has 1 heterocycles. The number of pyridine rings is 1. The van der Waals surface area contributed by atoms with E-state index in [0.717, 1.165) is 11.3 Å². The Kier molecular flexibility index (Phi) is 4.23. The molecule has 0 bridgehead atoms. The fourth-order valence-corrected chi connectivity index (χ4v) is 2.14. The van der Waals surface area contributed by atoms with E-state index >= 15 is 0 Å². The molecular weight excluding hydrogens is 269 g/mol. The molecule has 18 heavy (non-hydrogen) atoms. The molecule has 1 N–H and O–H groups in total. The zero-order valence-electron chi connectivity index (χ0n) is 9.90. The third kappa shape index (κ3) is 3.02. The Morgan fingerprint density at radius 2 is 2.00 bits per heavy atom. The van der Waals surface area contributed by atoms with Crippen molar-refractivity contribution < 1.29 is 5.11 Å². The first-order chi connectivity index (χ1) is 8.58. The summed E-state index contributed by atoms with van der Waals surface area (Å²) in [5.74, 6) is 0. The first-order valence-electron chi connectivity index (χ1n) is 5.61. The van der Waals surface area contributed by atoms with Crippen molar-refractivity contribution in [3.8, 4) is 0 Å². The van der Waals surface area contributed by atoms with Crippen LogP contribution >= 0.6 is 23.2 Å². The third-order valence-electron chi connectivity index (χ3n) is 2.72. The Hall–Kier alpha value is -1.09. The van der Waals surface area contributed by atoms with E-state index in [4.69, 9.17) is 23.2 Å². The summed E-state index contributed by atoms with van der Waals surface area (Å²) in [6.45, 7) is 1.97. The Balaban J connectivity index is 2.19. The van der Waals surface area contributed by atoms with E-state index in [1.807, 2.05) is 19.1 Å². The van der Waals surface area contributed by atoms with Crippen LogP contribution in [0.25, 0.3) is 0 Å². The molecule has 0 spiro atoms. The molecule has 0 aliphatic heterocycles. The van der Waals surface area contributed by atoms with Gasteiger partial charge in [-0.15, -0.1) is 0 Å². The van der Waals surface area contributed by atoms with Gasteiger partial charge < -0.3 is 5.11 Å². The van der Waals surface area contributed by atoms with Crippen molar-refractivity contribution in [3.05, 3.63) is 63.4 Å². The van der Waals surface area contributed by atoms with E-state index in [1.165, 1.54) is 0 Å². The van der Waals surface area contributed by atoms with Crippen molar-refractivity contribution in [2.45, 2.75) is 19.4 Å². The Bertz CT molecular complexity index is 540. The summed E-state index contributed by atoms with van der Waals surface area (Å²) in [6.07, 6.45) is 1.49. The lowest BCUT2D eigenvalue weighted by Crippen LogP contribution is -2.04. The number of hydrogen-bond donors (Lipinski definition) is 1. The minimum atomic E-state index is -0.702. The van der Waals surface area contributed by atoms with Gasteiger partial charge in [0.2, 0.25) is 0 Å². The van der Waals surface area contributed by atoms with Crippen LogP contribution in [0.2, 0.25) is 10.0 Å². The maximum atomic E-state index is 10.2. The average molecular weight is 282 g/mol. The lowest BCUT2D eigenvalue weighted by molar-refractivity contribution is 0.177. The maximum Gasteiger partial charge on any atom is 0.0860 e. The lowest BCUT2D eigenvalue weighted by atomic mass is 10.0. The van der Waals surface area contributed by atoms with Gasteiger partial charge >= 0.3 is 0 Å². The van der Waals surface area contributed by atoms with E-state index < -0.39 is 6.10 Å². The van der Waals surface area contributed by atoms with Gasteiger partial charge in [0.1, 0.15) is 0 Å². The van der Waals surface area contributed by atoms with Gasteiger partial charge in [0.25, 0.3) is 0 Å². The summed E-state index contributed by atoms with van der Waals surface area (Å²) in [4.78, 5) is 4.26. The first kappa shape index (κ1) is 13.3. The zero-order chi connectivity index (χ0) is 13.1. The van der Waals surface area contributed by atoms with Crippen LogP contribution in [0.4, 0.5) is 0 Å². The summed E-state index contributed by atoms with van der Waals surface area (Å²) in [5, 5.41) is 11.0. The van der Waals surface area contributed by atoms with Gasteiger partial charge in [-0.25, -0.2) is 0 Å². The van der Waals surface area contributed by atoms with Crippen LogP contribution in [0.15, 0.2) is 36.5 Å². The number of aliphatic hydroxyl groups excluding tert-OH is 1. The van der Waals surface area contributed by atoms with E-state index in [9.17, 15) is 5.11 Å². The highest BCUT2D eigenvalue weighted by molar-refractivity contribution is 6.42. The first-order valence-corrected chi connectivity index (χ1v) is 6.37. The highest BCUT2D eigenvalue weighted by atomic mass is 35.5. The lowest BCUT2D eigenvalue weighted by Gasteiger charge is -2.13. The Morgan fingerprint density at radius 3 is 2.67 bits per heavy atom. The van der Waals surface area contributed by atoms with E-state index in [-0.39, 0.29) is 0 Å². The van der Waals surface area contributed by atoms with Crippen LogP contribution in [0.1, 0.15) is 22.9 Å². The molecule has 0 fully saturated rings. The molecule has 0 aliphatic carbocycles. The highest BCUT2D eigenvalue weighted by Gasteiger charge is 2.14. The molecule has 1 atom stereocenters. The van der Waals surface area contributed by atoms with Crippen molar-refractivity contribution in [3.63, 3.8) is 0 Å². The van der Waals surface area contributed by atoms with Gasteiger partial charge in [0, 0.05) is 23.9 Å². The normalized spacial score (nSPS) is 12.4. The topological polar surface area (TPSA) is 33.1 Å². The number of rotatable bonds is 3. The van der Waals surface area contributed by atoms with E-state index in [2.05, 4.69) is 4.98 Å². The van der Waals surface area contributed by atoms with Gasteiger partial charge in [-0.2, -0.15) is 0 Å². The minimum Gasteiger partial charge on any atom is -0.388 e. The number of aliphatic hydroxyl groups is 1. The molecule has 1 aromatic heterocycles. The third-order valence-corrected chi connectivity index (χ3v) is 3.55. The molecule has 1 unspecified atom stereocenters. The van der Waals surface area contributed by atoms with Crippen molar-refractivity contribution in [1.82, 2.24) is 4.98 Å². The van der Waals surface area contributed by atoms with Gasteiger partial charge in [0.15, 0.2) is 0 Å². The number of halogens is 2. The number of nitrogens with zero attached hydrogens (tertiary/aromatic N) is 1. The zero-order valence-corrected chi connectivity index (χ0v) is 11.4. The molecule has 0 amide bonds. The second-order valence-electron chi connectivity index (χ2n) is 4.19. The molecule has 0 saturated heterocycles. The van der Waals surface area contributed by atoms with Gasteiger partial charge in [-0.3, -0.25) is 4.98 Å². The predicted octanol–water partition coefficient (Wildman–Crippen LogP) is 3.97. The fraction of sp³-hybridized carbons (Fsp3) is 0.214.